The number of benzene rings is 1. The molecule has 2 aromatic rings. The monoisotopic (exact) mass is 253 g/mol. The lowest BCUT2D eigenvalue weighted by molar-refractivity contribution is 0.620. The van der Waals surface area contributed by atoms with Gasteiger partial charge in [-0.25, -0.2) is 4.85 Å². The van der Waals surface area contributed by atoms with Crippen molar-refractivity contribution >= 4 is 16.6 Å². The lowest BCUT2D eigenvalue weighted by Gasteiger charge is -2.00. The lowest BCUT2D eigenvalue weighted by atomic mass is 10.1. The normalized spacial score (nSPS) is 21.5. The summed E-state index contributed by atoms with van der Waals surface area (Å²) >= 11 is 0. The smallest absolute Gasteiger partial charge is 0.187 e. The van der Waals surface area contributed by atoms with Crippen molar-refractivity contribution in [2.45, 2.75) is 25.2 Å². The fraction of sp³-hybridized carbons (Fsp3) is 0.438. The quantitative estimate of drug-likeness (QED) is 0.616. The Bertz CT molecular complexity index is 620. The molecule has 1 saturated carbocycles. The van der Waals surface area contributed by atoms with Crippen LogP contribution in [0.5, 0.6) is 0 Å². The third kappa shape index (κ3) is 2.36. The van der Waals surface area contributed by atoms with E-state index in [1.165, 1.54) is 30.2 Å². The topological polar surface area (TPSA) is 32.2 Å². The molecule has 2 atom stereocenters. The zero-order valence-electron chi connectivity index (χ0n) is 11.2. The van der Waals surface area contributed by atoms with Gasteiger partial charge in [-0.2, -0.15) is 0 Å². The fourth-order valence-electron chi connectivity index (χ4n) is 3.00. The highest BCUT2D eigenvalue weighted by atomic mass is 14.8. The van der Waals surface area contributed by atoms with Gasteiger partial charge in [-0.15, -0.1) is 0 Å². The van der Waals surface area contributed by atoms with Gasteiger partial charge in [-0.05, 0) is 67.8 Å². The minimum atomic E-state index is 0.701. The number of rotatable bonds is 5. The lowest BCUT2D eigenvalue weighted by Crippen LogP contribution is -2.07. The maximum Gasteiger partial charge on any atom is 0.187 e. The van der Waals surface area contributed by atoms with Crippen LogP contribution in [-0.2, 0) is 0 Å². The molecule has 2 N–H and O–H groups in total. The first-order valence-corrected chi connectivity index (χ1v) is 6.96. The van der Waals surface area contributed by atoms with Crippen molar-refractivity contribution in [2.75, 3.05) is 13.6 Å². The number of nitrogens with zero attached hydrogens (tertiary/aromatic N) is 1. The van der Waals surface area contributed by atoms with E-state index in [0.29, 0.717) is 5.92 Å². The predicted octanol–water partition coefficient (Wildman–Crippen LogP) is 3.82. The van der Waals surface area contributed by atoms with Crippen LogP contribution in [0.2, 0.25) is 0 Å². The average Bonchev–Trinajstić information content (AvgIpc) is 3.08. The van der Waals surface area contributed by atoms with Crippen LogP contribution in [0.15, 0.2) is 24.4 Å². The molecule has 3 heteroatoms. The summed E-state index contributed by atoms with van der Waals surface area (Å²) in [6, 6.07) is 5.93. The van der Waals surface area contributed by atoms with Gasteiger partial charge in [0, 0.05) is 11.7 Å². The van der Waals surface area contributed by atoms with Gasteiger partial charge < -0.3 is 10.3 Å². The Balaban J connectivity index is 1.77. The third-order valence-corrected chi connectivity index (χ3v) is 4.15. The van der Waals surface area contributed by atoms with E-state index < -0.39 is 0 Å². The first-order valence-electron chi connectivity index (χ1n) is 6.96. The van der Waals surface area contributed by atoms with Crippen molar-refractivity contribution in [2.24, 2.45) is 5.92 Å². The number of nitrogens with one attached hydrogen (secondary N) is 2. The van der Waals surface area contributed by atoms with Crippen LogP contribution < -0.4 is 5.32 Å². The van der Waals surface area contributed by atoms with Gasteiger partial charge in [-0.3, -0.25) is 0 Å². The summed E-state index contributed by atoms with van der Waals surface area (Å²) in [6.45, 7) is 8.24. The highest BCUT2D eigenvalue weighted by Gasteiger charge is 2.38. The zero-order valence-corrected chi connectivity index (χ0v) is 11.2. The van der Waals surface area contributed by atoms with E-state index in [1.54, 1.807) is 0 Å². The van der Waals surface area contributed by atoms with E-state index in [-0.39, 0.29) is 0 Å². The molecule has 3 rings (SSSR count). The van der Waals surface area contributed by atoms with Crippen LogP contribution in [-0.4, -0.2) is 18.6 Å². The third-order valence-electron chi connectivity index (χ3n) is 4.15. The molecule has 0 radical (unpaired) electrons. The fourth-order valence-corrected chi connectivity index (χ4v) is 3.00. The molecule has 19 heavy (non-hydrogen) atoms. The van der Waals surface area contributed by atoms with E-state index in [1.807, 2.05) is 25.2 Å². The second-order valence-electron chi connectivity index (χ2n) is 5.43. The van der Waals surface area contributed by atoms with Gasteiger partial charge in [0.05, 0.1) is 6.57 Å². The molecule has 1 aromatic carbocycles. The molecule has 1 aliphatic carbocycles. The summed E-state index contributed by atoms with van der Waals surface area (Å²) in [5.74, 6) is 1.54. The summed E-state index contributed by atoms with van der Waals surface area (Å²) in [5.41, 5.74) is 3.30. The van der Waals surface area contributed by atoms with E-state index in [9.17, 15) is 0 Å². The molecule has 1 aromatic heterocycles. The molecule has 1 fully saturated rings. The second-order valence-corrected chi connectivity index (χ2v) is 5.43. The largest absolute Gasteiger partial charge is 0.361 e. The molecule has 1 aliphatic rings. The van der Waals surface area contributed by atoms with Gasteiger partial charge in [0.25, 0.3) is 0 Å². The van der Waals surface area contributed by atoms with Crippen molar-refractivity contribution in [1.29, 1.82) is 0 Å². The Morgan fingerprint density at radius 1 is 1.47 bits per heavy atom. The first kappa shape index (κ1) is 12.3. The molecule has 0 saturated heterocycles. The van der Waals surface area contributed by atoms with Crippen molar-refractivity contribution < 1.29 is 0 Å². The first-order chi connectivity index (χ1) is 9.33. The van der Waals surface area contributed by atoms with Crippen molar-refractivity contribution in [3.05, 3.63) is 41.4 Å². The SMILES string of the molecule is [C-]#[N+]c1ccc2[nH]cc(C3CC3CCCNC)c2c1. The molecule has 0 aliphatic heterocycles. The van der Waals surface area contributed by atoms with Gasteiger partial charge in [0.2, 0.25) is 0 Å². The molecule has 0 bridgehead atoms. The van der Waals surface area contributed by atoms with E-state index >= 15 is 0 Å². The molecule has 2 unspecified atom stereocenters. The molecular weight excluding hydrogens is 234 g/mol. The van der Waals surface area contributed by atoms with Crippen molar-refractivity contribution in [1.82, 2.24) is 10.3 Å². The number of hydrogen-bond acceptors (Lipinski definition) is 1. The summed E-state index contributed by atoms with van der Waals surface area (Å²) < 4.78 is 0. The maximum atomic E-state index is 7.13. The summed E-state index contributed by atoms with van der Waals surface area (Å²) in [6.07, 6.45) is 6.01. The van der Waals surface area contributed by atoms with Gasteiger partial charge in [0.1, 0.15) is 0 Å². The van der Waals surface area contributed by atoms with Crippen molar-refractivity contribution in [3.63, 3.8) is 0 Å². The van der Waals surface area contributed by atoms with Crippen LogP contribution >= 0.6 is 0 Å². The van der Waals surface area contributed by atoms with Gasteiger partial charge >= 0.3 is 0 Å². The predicted molar refractivity (Wildman–Crippen MR) is 78.6 cm³/mol. The van der Waals surface area contributed by atoms with Crippen molar-refractivity contribution in [3.8, 4) is 0 Å². The minimum absolute atomic E-state index is 0.701. The molecule has 98 valence electrons. The van der Waals surface area contributed by atoms with Crippen LogP contribution in [0.25, 0.3) is 15.7 Å². The van der Waals surface area contributed by atoms with E-state index in [0.717, 1.165) is 23.7 Å². The van der Waals surface area contributed by atoms with Crippen LogP contribution in [0.4, 0.5) is 5.69 Å². The Hall–Kier alpha value is -1.79. The Kier molecular flexibility index (Phi) is 3.27. The van der Waals surface area contributed by atoms with Gasteiger partial charge in [0.15, 0.2) is 5.69 Å². The number of fused-ring (bicyclic) bond motifs is 1. The van der Waals surface area contributed by atoms with E-state index in [4.69, 9.17) is 6.57 Å². The standard InChI is InChI=1S/C16H19N3/c1-17-7-3-4-11-8-13(11)15-10-19-16-6-5-12(18-2)9-14(15)16/h5-6,9-11,13,17,19H,3-4,7-8H2,1H3. The summed E-state index contributed by atoms with van der Waals surface area (Å²) in [4.78, 5) is 6.86. The number of aromatic amines is 1. The molecule has 0 spiro atoms. The number of hydrogen-bond donors (Lipinski definition) is 2. The number of H-pyrrole nitrogens is 1. The summed E-state index contributed by atoms with van der Waals surface area (Å²) in [5, 5.41) is 4.45. The molecule has 3 nitrogen and oxygen atoms in total. The minimum Gasteiger partial charge on any atom is -0.361 e. The zero-order chi connectivity index (χ0) is 13.2. The second kappa shape index (κ2) is 5.07. The Labute approximate surface area is 113 Å². The highest BCUT2D eigenvalue weighted by molar-refractivity contribution is 5.87. The highest BCUT2D eigenvalue weighted by Crippen LogP contribution is 2.52. The van der Waals surface area contributed by atoms with E-state index in [2.05, 4.69) is 21.3 Å². The molecule has 0 amide bonds. The van der Waals surface area contributed by atoms with Crippen LogP contribution in [0, 0.1) is 12.5 Å². The Morgan fingerprint density at radius 2 is 2.37 bits per heavy atom. The maximum absolute atomic E-state index is 7.13. The van der Waals surface area contributed by atoms with Crippen LogP contribution in [0.3, 0.4) is 0 Å². The summed E-state index contributed by atoms with van der Waals surface area (Å²) in [7, 11) is 2.01. The molecule has 1 heterocycles. The average molecular weight is 253 g/mol. The Morgan fingerprint density at radius 3 is 3.16 bits per heavy atom. The number of aromatic nitrogens is 1. The van der Waals surface area contributed by atoms with Crippen LogP contribution in [0.1, 0.15) is 30.7 Å². The van der Waals surface area contributed by atoms with Gasteiger partial charge in [-0.1, -0.05) is 6.07 Å². The molecular formula is C16H19N3.